The Hall–Kier alpha value is -4.20. The van der Waals surface area contributed by atoms with Crippen LogP contribution < -0.4 is 10.1 Å². The van der Waals surface area contributed by atoms with E-state index in [0.717, 1.165) is 43.2 Å². The molecule has 0 aromatic heterocycles. The quantitative estimate of drug-likeness (QED) is 0.271. The van der Waals surface area contributed by atoms with Gasteiger partial charge in [-0.1, -0.05) is 79.9 Å². The molecule has 0 heterocycles. The summed E-state index contributed by atoms with van der Waals surface area (Å²) in [5, 5.41) is 14.9. The fourth-order valence-corrected chi connectivity index (χ4v) is 5.17. The summed E-state index contributed by atoms with van der Waals surface area (Å²) < 4.78 is 5.38. The Balaban J connectivity index is 1.70. The molecule has 39 heavy (non-hydrogen) atoms. The van der Waals surface area contributed by atoms with E-state index in [9.17, 15) is 19.7 Å². The maximum atomic E-state index is 14.0. The predicted octanol–water partition coefficient (Wildman–Crippen LogP) is 5.23. The highest BCUT2D eigenvalue weighted by molar-refractivity contribution is 5.89. The van der Waals surface area contributed by atoms with Crippen LogP contribution in [-0.4, -0.2) is 40.8 Å². The predicted molar refractivity (Wildman–Crippen MR) is 149 cm³/mol. The van der Waals surface area contributed by atoms with Crippen molar-refractivity contribution in [1.82, 2.24) is 10.2 Å². The van der Waals surface area contributed by atoms with E-state index < -0.39 is 11.0 Å². The van der Waals surface area contributed by atoms with Gasteiger partial charge in [-0.05, 0) is 36.1 Å². The lowest BCUT2D eigenvalue weighted by molar-refractivity contribution is -0.385. The fraction of sp³-hybridized carbons (Fsp3) is 0.355. The molecular weight excluding hydrogens is 494 g/mol. The lowest BCUT2D eigenvalue weighted by Crippen LogP contribution is -2.53. The molecule has 0 saturated heterocycles. The zero-order chi connectivity index (χ0) is 27.6. The minimum atomic E-state index is -0.796. The van der Waals surface area contributed by atoms with Gasteiger partial charge in [0.1, 0.15) is 11.8 Å². The number of nitrogens with zero attached hydrogens (tertiary/aromatic N) is 2. The van der Waals surface area contributed by atoms with E-state index in [4.69, 9.17) is 4.74 Å². The van der Waals surface area contributed by atoms with Crippen molar-refractivity contribution in [2.45, 2.75) is 63.6 Å². The number of amides is 2. The van der Waals surface area contributed by atoms with Crippen molar-refractivity contribution < 1.29 is 19.2 Å². The average molecular weight is 530 g/mol. The molecule has 3 aromatic carbocycles. The highest BCUT2D eigenvalue weighted by Crippen LogP contribution is 2.24. The van der Waals surface area contributed by atoms with Crippen LogP contribution in [0.4, 0.5) is 5.69 Å². The Morgan fingerprint density at radius 1 is 0.974 bits per heavy atom. The van der Waals surface area contributed by atoms with Crippen LogP contribution in [0.15, 0.2) is 78.9 Å². The molecule has 0 radical (unpaired) electrons. The van der Waals surface area contributed by atoms with E-state index in [1.165, 1.54) is 6.07 Å². The summed E-state index contributed by atoms with van der Waals surface area (Å²) in [6, 6.07) is 22.5. The lowest BCUT2D eigenvalue weighted by Gasteiger charge is -2.33. The second-order valence-electron chi connectivity index (χ2n) is 9.98. The number of ether oxygens (including phenoxy) is 1. The molecule has 204 valence electrons. The van der Waals surface area contributed by atoms with Gasteiger partial charge in [-0.2, -0.15) is 0 Å². The molecular formula is C31H35N3O5. The van der Waals surface area contributed by atoms with Gasteiger partial charge in [0.05, 0.1) is 18.5 Å². The first-order valence-electron chi connectivity index (χ1n) is 13.4. The van der Waals surface area contributed by atoms with Gasteiger partial charge in [0.25, 0.3) is 5.69 Å². The molecule has 0 aliphatic heterocycles. The molecule has 8 heteroatoms. The van der Waals surface area contributed by atoms with E-state index in [-0.39, 0.29) is 36.5 Å². The molecule has 4 rings (SSSR count). The molecule has 1 aliphatic carbocycles. The number of nitrogens with one attached hydrogen (secondary N) is 1. The van der Waals surface area contributed by atoms with Gasteiger partial charge in [0.2, 0.25) is 11.8 Å². The van der Waals surface area contributed by atoms with Crippen LogP contribution in [-0.2, 0) is 29.0 Å². The fourth-order valence-electron chi connectivity index (χ4n) is 5.17. The Labute approximate surface area is 229 Å². The first-order chi connectivity index (χ1) is 18.9. The number of hydrogen-bond donors (Lipinski definition) is 1. The third-order valence-corrected chi connectivity index (χ3v) is 7.24. The largest absolute Gasteiger partial charge is 0.497 e. The summed E-state index contributed by atoms with van der Waals surface area (Å²) in [6.45, 7) is 0.159. The summed E-state index contributed by atoms with van der Waals surface area (Å²) in [6.07, 6.45) is 5.27. The summed E-state index contributed by atoms with van der Waals surface area (Å²) in [4.78, 5) is 40.6. The summed E-state index contributed by atoms with van der Waals surface area (Å²) >= 11 is 0. The number of carbonyl (C=O) groups is 2. The Morgan fingerprint density at radius 2 is 1.67 bits per heavy atom. The minimum Gasteiger partial charge on any atom is -0.497 e. The lowest BCUT2D eigenvalue weighted by atomic mass is 9.94. The molecule has 3 aromatic rings. The van der Waals surface area contributed by atoms with E-state index in [1.807, 2.05) is 54.6 Å². The summed E-state index contributed by atoms with van der Waals surface area (Å²) in [5.41, 5.74) is 1.93. The average Bonchev–Trinajstić information content (AvgIpc) is 2.96. The van der Waals surface area contributed by atoms with Crippen LogP contribution in [0.25, 0.3) is 0 Å². The SMILES string of the molecule is COc1cccc(CN(C(=O)Cc2ccccc2[N+](=O)[O-])C(Cc2ccccc2)C(=O)NC2CCCCC2)c1. The van der Waals surface area contributed by atoms with Crippen LogP contribution in [0.5, 0.6) is 5.75 Å². The first-order valence-corrected chi connectivity index (χ1v) is 13.4. The van der Waals surface area contributed by atoms with Crippen LogP contribution >= 0.6 is 0 Å². The zero-order valence-electron chi connectivity index (χ0n) is 22.3. The van der Waals surface area contributed by atoms with Gasteiger partial charge < -0.3 is 15.0 Å². The van der Waals surface area contributed by atoms with Gasteiger partial charge in [-0.15, -0.1) is 0 Å². The van der Waals surface area contributed by atoms with E-state index in [0.29, 0.717) is 17.7 Å². The number of methoxy groups -OCH3 is 1. The summed E-state index contributed by atoms with van der Waals surface area (Å²) in [5.74, 6) is 0.0845. The molecule has 1 fully saturated rings. The van der Waals surface area contributed by atoms with Crippen LogP contribution in [0.1, 0.15) is 48.8 Å². The van der Waals surface area contributed by atoms with Crippen molar-refractivity contribution >= 4 is 17.5 Å². The van der Waals surface area contributed by atoms with Crippen molar-refractivity contribution in [3.8, 4) is 5.75 Å². The van der Waals surface area contributed by atoms with Crippen LogP contribution in [0.3, 0.4) is 0 Å². The molecule has 0 bridgehead atoms. The number of rotatable bonds is 11. The number of benzene rings is 3. The number of nitro groups is 1. The molecule has 2 amide bonds. The van der Waals surface area contributed by atoms with Gasteiger partial charge in [-0.25, -0.2) is 0 Å². The van der Waals surface area contributed by atoms with E-state index in [2.05, 4.69) is 5.32 Å². The Bertz CT molecular complexity index is 1270. The second-order valence-corrected chi connectivity index (χ2v) is 9.98. The van der Waals surface area contributed by atoms with Crippen molar-refractivity contribution in [2.75, 3.05) is 7.11 Å². The molecule has 0 spiro atoms. The normalized spacial score (nSPS) is 14.3. The van der Waals surface area contributed by atoms with Crippen molar-refractivity contribution in [1.29, 1.82) is 0 Å². The Morgan fingerprint density at radius 3 is 2.38 bits per heavy atom. The van der Waals surface area contributed by atoms with Gasteiger partial charge in [-0.3, -0.25) is 19.7 Å². The standard InChI is InChI=1S/C31H35N3O5/c1-39-27-17-10-13-24(19-27)22-33(30(35)21-25-14-8-9-18-28(25)34(37)38)29(20-23-11-4-2-5-12-23)31(36)32-26-15-6-3-7-16-26/h2,4-5,8-14,17-19,26,29H,3,6-7,15-16,20-22H2,1H3,(H,32,36). The van der Waals surface area contributed by atoms with Crippen LogP contribution in [0.2, 0.25) is 0 Å². The van der Waals surface area contributed by atoms with Gasteiger partial charge >= 0.3 is 0 Å². The van der Waals surface area contributed by atoms with Crippen LogP contribution in [0, 0.1) is 10.1 Å². The molecule has 1 unspecified atom stereocenters. The van der Waals surface area contributed by atoms with Gasteiger partial charge in [0, 0.05) is 30.6 Å². The first kappa shape index (κ1) is 27.8. The third-order valence-electron chi connectivity index (χ3n) is 7.24. The maximum absolute atomic E-state index is 14.0. The van der Waals surface area contributed by atoms with E-state index in [1.54, 1.807) is 30.2 Å². The molecule has 1 saturated carbocycles. The monoisotopic (exact) mass is 529 g/mol. The van der Waals surface area contributed by atoms with Crippen molar-refractivity contribution in [3.05, 3.63) is 106 Å². The minimum absolute atomic E-state index is 0.0773. The number of carbonyl (C=O) groups excluding carboxylic acids is 2. The van der Waals surface area contributed by atoms with Gasteiger partial charge in [0.15, 0.2) is 0 Å². The number of hydrogen-bond acceptors (Lipinski definition) is 5. The second kappa shape index (κ2) is 13.6. The highest BCUT2D eigenvalue weighted by atomic mass is 16.6. The van der Waals surface area contributed by atoms with Crippen molar-refractivity contribution in [2.24, 2.45) is 0 Å². The Kier molecular flexibility index (Phi) is 9.67. The summed E-state index contributed by atoms with van der Waals surface area (Å²) in [7, 11) is 1.58. The molecule has 1 N–H and O–H groups in total. The zero-order valence-corrected chi connectivity index (χ0v) is 22.3. The number of para-hydroxylation sites is 1. The van der Waals surface area contributed by atoms with E-state index >= 15 is 0 Å². The highest BCUT2D eigenvalue weighted by Gasteiger charge is 2.32. The third kappa shape index (κ3) is 7.66. The molecule has 8 nitrogen and oxygen atoms in total. The smallest absolute Gasteiger partial charge is 0.273 e. The number of nitro benzene ring substituents is 1. The topological polar surface area (TPSA) is 102 Å². The molecule has 1 atom stereocenters. The van der Waals surface area contributed by atoms with Crippen molar-refractivity contribution in [3.63, 3.8) is 0 Å². The maximum Gasteiger partial charge on any atom is 0.273 e. The molecule has 1 aliphatic rings.